The summed E-state index contributed by atoms with van der Waals surface area (Å²) in [5.74, 6) is 0.508. The molecule has 0 radical (unpaired) electrons. The second-order valence-corrected chi connectivity index (χ2v) is 4.27. The second-order valence-electron chi connectivity index (χ2n) is 4.27. The van der Waals surface area contributed by atoms with Crippen molar-refractivity contribution in [2.45, 2.75) is 37.6 Å². The molecule has 0 aromatic carbocycles. The Balaban J connectivity index is 2.29. The lowest BCUT2D eigenvalue weighted by Crippen LogP contribution is -2.55. The minimum atomic E-state index is -0.288. The highest BCUT2D eigenvalue weighted by molar-refractivity contribution is 6.05. The molecule has 1 saturated carbocycles. The molecule has 1 aliphatic heterocycles. The molecule has 2 amide bonds. The largest absolute Gasteiger partial charge is 0.385 e. The smallest absolute Gasteiger partial charge is 0.346 e. The van der Waals surface area contributed by atoms with Gasteiger partial charge in [-0.25, -0.2) is 4.79 Å². The van der Waals surface area contributed by atoms with Gasteiger partial charge in [0.15, 0.2) is 0 Å². The Kier molecular flexibility index (Phi) is 2.50. The molecule has 15 heavy (non-hydrogen) atoms. The highest BCUT2D eigenvalue weighted by atomic mass is 16.2. The van der Waals surface area contributed by atoms with Crippen LogP contribution in [0.1, 0.15) is 32.1 Å². The van der Waals surface area contributed by atoms with Gasteiger partial charge in [0.25, 0.3) is 0 Å². The van der Waals surface area contributed by atoms with Crippen LogP contribution in [-0.2, 0) is 0 Å². The van der Waals surface area contributed by atoms with Gasteiger partial charge in [0.05, 0.1) is 0 Å². The molecular weight excluding hydrogens is 190 g/mol. The van der Waals surface area contributed by atoms with E-state index in [9.17, 15) is 4.79 Å². The fourth-order valence-corrected chi connectivity index (χ4v) is 2.63. The summed E-state index contributed by atoms with van der Waals surface area (Å²) in [4.78, 5) is 17.3. The number of amidine groups is 1. The molecular formula is C11H17N3O. The number of urea groups is 1. The predicted molar refractivity (Wildman–Crippen MR) is 59.7 cm³/mol. The third-order valence-corrected chi connectivity index (χ3v) is 3.43. The van der Waals surface area contributed by atoms with E-state index in [0.717, 1.165) is 25.7 Å². The molecule has 1 heterocycles. The maximum absolute atomic E-state index is 11.7. The fraction of sp³-hybridized carbons (Fsp3) is 0.636. The standard InChI is InChI=1S/C11H17N3O/c1-2-8-14-10(15)13-9(12)11(14)6-4-3-5-7-11/h2H,1,3-8H2,(H2,12,13,15). The van der Waals surface area contributed by atoms with E-state index in [4.69, 9.17) is 5.73 Å². The van der Waals surface area contributed by atoms with Gasteiger partial charge in [-0.15, -0.1) is 6.58 Å². The van der Waals surface area contributed by atoms with Gasteiger partial charge in [0, 0.05) is 6.54 Å². The Morgan fingerprint density at radius 2 is 2.13 bits per heavy atom. The molecule has 1 aliphatic carbocycles. The van der Waals surface area contributed by atoms with Crippen molar-refractivity contribution in [3.05, 3.63) is 12.7 Å². The van der Waals surface area contributed by atoms with Crippen LogP contribution in [0.2, 0.25) is 0 Å². The van der Waals surface area contributed by atoms with Crippen molar-refractivity contribution >= 4 is 11.9 Å². The molecule has 82 valence electrons. The third-order valence-electron chi connectivity index (χ3n) is 3.43. The average molecular weight is 207 g/mol. The number of hydrogen-bond acceptors (Lipinski definition) is 2. The summed E-state index contributed by atoms with van der Waals surface area (Å²) in [6.45, 7) is 4.22. The lowest BCUT2D eigenvalue weighted by Gasteiger charge is -2.40. The molecule has 0 aromatic heterocycles. The van der Waals surface area contributed by atoms with E-state index in [-0.39, 0.29) is 11.6 Å². The van der Waals surface area contributed by atoms with Gasteiger partial charge in [-0.05, 0) is 12.8 Å². The fourth-order valence-electron chi connectivity index (χ4n) is 2.63. The Morgan fingerprint density at radius 1 is 1.47 bits per heavy atom. The molecule has 0 unspecified atom stereocenters. The molecule has 2 aliphatic rings. The third kappa shape index (κ3) is 1.44. The molecule has 0 saturated heterocycles. The van der Waals surface area contributed by atoms with E-state index in [1.165, 1.54) is 6.42 Å². The molecule has 0 aromatic rings. The molecule has 4 heteroatoms. The summed E-state index contributed by atoms with van der Waals surface area (Å²) in [6, 6.07) is -0.200. The lowest BCUT2D eigenvalue weighted by molar-refractivity contribution is 0.153. The van der Waals surface area contributed by atoms with Gasteiger partial charge in [-0.2, -0.15) is 4.99 Å². The van der Waals surface area contributed by atoms with Crippen molar-refractivity contribution in [1.29, 1.82) is 0 Å². The number of carbonyl (C=O) groups is 1. The van der Waals surface area contributed by atoms with Crippen LogP contribution in [0.4, 0.5) is 4.79 Å². The van der Waals surface area contributed by atoms with Crippen LogP contribution in [0.15, 0.2) is 17.6 Å². The zero-order valence-corrected chi connectivity index (χ0v) is 8.91. The van der Waals surface area contributed by atoms with Crippen LogP contribution in [0.25, 0.3) is 0 Å². The first-order valence-electron chi connectivity index (χ1n) is 5.48. The summed E-state index contributed by atoms with van der Waals surface area (Å²) in [7, 11) is 0. The van der Waals surface area contributed by atoms with Gasteiger partial charge in [0.2, 0.25) is 0 Å². The van der Waals surface area contributed by atoms with Crippen LogP contribution < -0.4 is 5.73 Å². The maximum atomic E-state index is 11.7. The van der Waals surface area contributed by atoms with Gasteiger partial charge >= 0.3 is 6.03 Å². The molecule has 2 N–H and O–H groups in total. The minimum Gasteiger partial charge on any atom is -0.385 e. The van der Waals surface area contributed by atoms with Gasteiger partial charge in [0.1, 0.15) is 11.4 Å². The first-order valence-corrected chi connectivity index (χ1v) is 5.48. The number of nitrogens with two attached hydrogens (primary N) is 1. The summed E-state index contributed by atoms with van der Waals surface area (Å²) in [6.07, 6.45) is 7.10. The van der Waals surface area contributed by atoms with Crippen molar-refractivity contribution in [3.8, 4) is 0 Å². The Morgan fingerprint density at radius 3 is 2.73 bits per heavy atom. The molecule has 0 atom stereocenters. The quantitative estimate of drug-likeness (QED) is 0.700. The first-order chi connectivity index (χ1) is 7.20. The monoisotopic (exact) mass is 207 g/mol. The minimum absolute atomic E-state index is 0.200. The van der Waals surface area contributed by atoms with E-state index in [1.54, 1.807) is 11.0 Å². The number of nitrogens with zero attached hydrogens (tertiary/aromatic N) is 2. The maximum Gasteiger partial charge on any atom is 0.346 e. The molecule has 2 rings (SSSR count). The number of amides is 2. The van der Waals surface area contributed by atoms with Crippen molar-refractivity contribution < 1.29 is 4.79 Å². The zero-order chi connectivity index (χ0) is 10.9. The van der Waals surface area contributed by atoms with Crippen molar-refractivity contribution in [2.24, 2.45) is 10.7 Å². The van der Waals surface area contributed by atoms with E-state index in [1.807, 2.05) is 0 Å². The van der Waals surface area contributed by atoms with Crippen LogP contribution in [0.3, 0.4) is 0 Å². The molecule has 4 nitrogen and oxygen atoms in total. The number of aliphatic imine (C=N–C) groups is 1. The number of rotatable bonds is 2. The summed E-state index contributed by atoms with van der Waals surface area (Å²) < 4.78 is 0. The number of carbonyl (C=O) groups excluding carboxylic acids is 1. The van der Waals surface area contributed by atoms with E-state index in [0.29, 0.717) is 12.4 Å². The van der Waals surface area contributed by atoms with Crippen LogP contribution in [-0.4, -0.2) is 28.9 Å². The van der Waals surface area contributed by atoms with Gasteiger partial charge < -0.3 is 10.6 Å². The number of hydrogen-bond donors (Lipinski definition) is 1. The Labute approximate surface area is 89.8 Å². The van der Waals surface area contributed by atoms with Gasteiger partial charge in [-0.3, -0.25) is 0 Å². The van der Waals surface area contributed by atoms with E-state index >= 15 is 0 Å². The Bertz CT molecular complexity index is 316. The normalized spacial score (nSPS) is 24.4. The summed E-state index contributed by atoms with van der Waals surface area (Å²) in [5.41, 5.74) is 5.62. The second kappa shape index (κ2) is 3.68. The van der Waals surface area contributed by atoms with Crippen molar-refractivity contribution in [1.82, 2.24) is 4.90 Å². The van der Waals surface area contributed by atoms with Crippen LogP contribution >= 0.6 is 0 Å². The highest BCUT2D eigenvalue weighted by Crippen LogP contribution is 2.37. The first kappa shape index (κ1) is 10.2. The summed E-state index contributed by atoms with van der Waals surface area (Å²) >= 11 is 0. The molecule has 0 bridgehead atoms. The van der Waals surface area contributed by atoms with Crippen LogP contribution in [0, 0.1) is 0 Å². The Hall–Kier alpha value is -1.32. The average Bonchev–Trinajstić information content (AvgIpc) is 2.45. The lowest BCUT2D eigenvalue weighted by atomic mass is 9.80. The topological polar surface area (TPSA) is 58.7 Å². The van der Waals surface area contributed by atoms with E-state index < -0.39 is 0 Å². The van der Waals surface area contributed by atoms with Crippen LogP contribution in [0.5, 0.6) is 0 Å². The van der Waals surface area contributed by atoms with E-state index in [2.05, 4.69) is 11.6 Å². The molecule has 1 spiro atoms. The summed E-state index contributed by atoms with van der Waals surface area (Å²) in [5, 5.41) is 0. The zero-order valence-electron chi connectivity index (χ0n) is 8.91. The van der Waals surface area contributed by atoms with Gasteiger partial charge in [-0.1, -0.05) is 25.3 Å². The van der Waals surface area contributed by atoms with Crippen molar-refractivity contribution in [3.63, 3.8) is 0 Å². The SMILES string of the molecule is C=CCN1C(=O)N=C(N)C12CCCCC2. The molecule has 1 fully saturated rings. The highest BCUT2D eigenvalue weighted by Gasteiger charge is 2.47. The predicted octanol–water partition coefficient (Wildman–Crippen LogP) is 1.67. The van der Waals surface area contributed by atoms with Crippen molar-refractivity contribution in [2.75, 3.05) is 6.54 Å².